The van der Waals surface area contributed by atoms with Crippen molar-refractivity contribution in [2.45, 2.75) is 19.8 Å². The Morgan fingerprint density at radius 1 is 1.58 bits per heavy atom. The normalized spacial score (nSPS) is 31.8. The second-order valence-electron chi connectivity index (χ2n) is 2.93. The zero-order valence-electron chi connectivity index (χ0n) is 7.18. The molecule has 1 aliphatic carbocycles. The van der Waals surface area contributed by atoms with Crippen molar-refractivity contribution in [3.05, 3.63) is 33.9 Å². The first-order valence-electron chi connectivity index (χ1n) is 4.07. The van der Waals surface area contributed by atoms with Crippen LogP contribution >= 0.6 is 15.9 Å². The molecule has 0 spiro atoms. The van der Waals surface area contributed by atoms with E-state index in [0.29, 0.717) is 0 Å². The fourth-order valence-corrected chi connectivity index (χ4v) is 1.46. The number of hydrogen-bond acceptors (Lipinski definition) is 1. The monoisotopic (exact) mass is 228 g/mol. The predicted octanol–water partition coefficient (Wildman–Crippen LogP) is 2.92. The first-order chi connectivity index (χ1) is 5.74. The van der Waals surface area contributed by atoms with Gasteiger partial charge in [-0.1, -0.05) is 34.2 Å². The molecule has 0 radical (unpaired) electrons. The maximum absolute atomic E-state index is 8.98. The Morgan fingerprint density at radius 2 is 2.33 bits per heavy atom. The van der Waals surface area contributed by atoms with E-state index >= 15 is 0 Å². The third kappa shape index (κ3) is 2.61. The van der Waals surface area contributed by atoms with E-state index in [0.717, 1.165) is 22.9 Å². The Kier molecular flexibility index (Phi) is 3.76. The summed E-state index contributed by atoms with van der Waals surface area (Å²) in [5.41, 5.74) is 2.28. The van der Waals surface area contributed by atoms with Crippen molar-refractivity contribution in [3.63, 3.8) is 0 Å². The Balaban J connectivity index is 2.91. The lowest BCUT2D eigenvalue weighted by Gasteiger charge is -2.06. The third-order valence-corrected chi connectivity index (χ3v) is 2.79. The molecule has 0 saturated carbocycles. The Bertz CT molecular complexity index is 249. The van der Waals surface area contributed by atoms with E-state index < -0.39 is 0 Å². The number of hydrogen-bond donors (Lipinski definition) is 1. The van der Waals surface area contributed by atoms with E-state index in [1.807, 2.05) is 13.0 Å². The molecule has 66 valence electrons. The highest BCUT2D eigenvalue weighted by Gasteiger charge is 2.00. The maximum atomic E-state index is 8.98. The second-order valence-corrected chi connectivity index (χ2v) is 3.79. The van der Waals surface area contributed by atoms with Crippen molar-refractivity contribution >= 4 is 15.9 Å². The first-order valence-corrected chi connectivity index (χ1v) is 4.86. The van der Waals surface area contributed by atoms with Gasteiger partial charge < -0.3 is 5.11 Å². The van der Waals surface area contributed by atoms with Crippen molar-refractivity contribution in [1.29, 1.82) is 0 Å². The number of aliphatic hydroxyl groups is 1. The van der Waals surface area contributed by atoms with E-state index in [1.165, 1.54) is 5.57 Å². The van der Waals surface area contributed by atoms with Crippen LogP contribution in [0, 0.1) is 0 Å². The van der Waals surface area contributed by atoms with Crippen LogP contribution in [-0.4, -0.2) is 11.7 Å². The summed E-state index contributed by atoms with van der Waals surface area (Å²) in [6, 6.07) is 0. The molecule has 0 amide bonds. The van der Waals surface area contributed by atoms with Gasteiger partial charge in [-0.25, -0.2) is 0 Å². The molecular formula is C10H13BrO. The fourth-order valence-electron chi connectivity index (χ4n) is 1.16. The van der Waals surface area contributed by atoms with Gasteiger partial charge in [0.1, 0.15) is 0 Å². The molecule has 0 aromatic carbocycles. The number of aliphatic hydroxyl groups excluding tert-OH is 1. The smallest absolute Gasteiger partial charge is 0.0645 e. The molecule has 0 fully saturated rings. The van der Waals surface area contributed by atoms with Crippen molar-refractivity contribution < 1.29 is 5.11 Å². The lowest BCUT2D eigenvalue weighted by molar-refractivity contribution is 0.326. The zero-order valence-corrected chi connectivity index (χ0v) is 8.76. The highest BCUT2D eigenvalue weighted by atomic mass is 79.9. The quantitative estimate of drug-likeness (QED) is 0.732. The van der Waals surface area contributed by atoms with Gasteiger partial charge in [0.15, 0.2) is 0 Å². The van der Waals surface area contributed by atoms with Gasteiger partial charge in [-0.15, -0.1) is 0 Å². The molecule has 12 heavy (non-hydrogen) atoms. The molecule has 0 aromatic rings. The minimum atomic E-state index is 0.172. The van der Waals surface area contributed by atoms with Crippen molar-refractivity contribution in [2.75, 3.05) is 6.61 Å². The van der Waals surface area contributed by atoms with Crippen LogP contribution < -0.4 is 0 Å². The van der Waals surface area contributed by atoms with Gasteiger partial charge in [0.2, 0.25) is 0 Å². The average Bonchev–Trinajstić information content (AvgIpc) is 2.06. The summed E-state index contributed by atoms with van der Waals surface area (Å²) in [5, 5.41) is 8.98. The van der Waals surface area contributed by atoms with E-state index in [1.54, 1.807) is 0 Å². The van der Waals surface area contributed by atoms with Gasteiger partial charge in [0.25, 0.3) is 0 Å². The minimum Gasteiger partial charge on any atom is -0.392 e. The standard InChI is InChI=1S/C10H13BrO/c1-8-6-9(7-12)4-2-3-5-10(8)11/h3,5-6,12H,2,4,7H2,1H3/b5-3-,9-6+,10-8+. The van der Waals surface area contributed by atoms with Crippen LogP contribution in [0.25, 0.3) is 0 Å². The predicted molar refractivity (Wildman–Crippen MR) is 55.2 cm³/mol. The Morgan fingerprint density at radius 3 is 3.00 bits per heavy atom. The highest BCUT2D eigenvalue weighted by Crippen LogP contribution is 2.20. The van der Waals surface area contributed by atoms with Crippen LogP contribution in [0.5, 0.6) is 0 Å². The van der Waals surface area contributed by atoms with Gasteiger partial charge in [-0.3, -0.25) is 0 Å². The Labute approximate surface area is 81.6 Å². The molecular weight excluding hydrogens is 216 g/mol. The topological polar surface area (TPSA) is 20.2 Å². The lowest BCUT2D eigenvalue weighted by atomic mass is 10.1. The minimum absolute atomic E-state index is 0.172. The van der Waals surface area contributed by atoms with Crippen molar-refractivity contribution in [1.82, 2.24) is 0 Å². The fraction of sp³-hybridized carbons (Fsp3) is 0.400. The average molecular weight is 229 g/mol. The van der Waals surface area contributed by atoms with Crippen LogP contribution in [0.2, 0.25) is 0 Å². The molecule has 0 heterocycles. The van der Waals surface area contributed by atoms with E-state index in [4.69, 9.17) is 5.11 Å². The van der Waals surface area contributed by atoms with Gasteiger partial charge in [0.05, 0.1) is 6.61 Å². The van der Waals surface area contributed by atoms with Gasteiger partial charge in [0, 0.05) is 4.48 Å². The summed E-state index contributed by atoms with van der Waals surface area (Å²) in [6.45, 7) is 2.21. The van der Waals surface area contributed by atoms with Crippen molar-refractivity contribution in [2.24, 2.45) is 0 Å². The largest absolute Gasteiger partial charge is 0.392 e. The Hall–Kier alpha value is -0.340. The van der Waals surface area contributed by atoms with Crippen LogP contribution in [-0.2, 0) is 0 Å². The molecule has 0 saturated heterocycles. The summed E-state index contributed by atoms with van der Waals surface area (Å²) in [6.07, 6.45) is 8.21. The van der Waals surface area contributed by atoms with Gasteiger partial charge in [-0.05, 0) is 30.9 Å². The molecule has 0 atom stereocenters. The molecule has 1 rings (SSSR count). The molecule has 1 aliphatic rings. The maximum Gasteiger partial charge on any atom is 0.0645 e. The SMILES string of the molecule is CC1=C(Br)/C=C\CC/C(CO)=C\1. The highest BCUT2D eigenvalue weighted by molar-refractivity contribution is 9.11. The summed E-state index contributed by atoms with van der Waals surface area (Å²) in [7, 11) is 0. The second kappa shape index (κ2) is 4.63. The van der Waals surface area contributed by atoms with E-state index in [2.05, 4.69) is 28.1 Å². The molecule has 0 bridgehead atoms. The zero-order chi connectivity index (χ0) is 8.97. The van der Waals surface area contributed by atoms with Crippen LogP contribution in [0.4, 0.5) is 0 Å². The summed E-state index contributed by atoms with van der Waals surface area (Å²) in [4.78, 5) is 0. The molecule has 1 N–H and O–H groups in total. The molecule has 2 heteroatoms. The van der Waals surface area contributed by atoms with Gasteiger partial charge in [-0.2, -0.15) is 0 Å². The van der Waals surface area contributed by atoms with E-state index in [9.17, 15) is 0 Å². The van der Waals surface area contributed by atoms with Crippen LogP contribution in [0.3, 0.4) is 0 Å². The molecule has 0 unspecified atom stereocenters. The number of allylic oxidation sites excluding steroid dienone is 5. The van der Waals surface area contributed by atoms with Crippen LogP contribution in [0.1, 0.15) is 19.8 Å². The third-order valence-electron chi connectivity index (χ3n) is 1.90. The summed E-state index contributed by atoms with van der Waals surface area (Å²) >= 11 is 3.46. The molecule has 0 aromatic heterocycles. The number of rotatable bonds is 1. The molecule has 1 nitrogen and oxygen atoms in total. The van der Waals surface area contributed by atoms with Crippen molar-refractivity contribution in [3.8, 4) is 0 Å². The van der Waals surface area contributed by atoms with E-state index in [-0.39, 0.29) is 6.61 Å². The number of halogens is 1. The molecule has 0 aliphatic heterocycles. The summed E-state index contributed by atoms with van der Waals surface area (Å²) in [5.74, 6) is 0. The lowest BCUT2D eigenvalue weighted by Crippen LogP contribution is -1.92. The summed E-state index contributed by atoms with van der Waals surface area (Å²) < 4.78 is 1.10. The van der Waals surface area contributed by atoms with Crippen LogP contribution in [0.15, 0.2) is 33.9 Å². The van der Waals surface area contributed by atoms with Gasteiger partial charge >= 0.3 is 0 Å². The first kappa shape index (κ1) is 9.75.